The van der Waals surface area contributed by atoms with E-state index in [1.165, 1.54) is 4.68 Å². The van der Waals surface area contributed by atoms with Crippen molar-refractivity contribution in [1.29, 1.82) is 0 Å². The van der Waals surface area contributed by atoms with Gasteiger partial charge in [-0.1, -0.05) is 0 Å². The molecule has 0 saturated heterocycles. The molecular weight excluding hydrogens is 208 g/mol. The fourth-order valence-corrected chi connectivity index (χ4v) is 1.38. The molecule has 1 heterocycles. The van der Waals surface area contributed by atoms with Crippen LogP contribution in [0.25, 0.3) is 0 Å². The van der Waals surface area contributed by atoms with Crippen LogP contribution < -0.4 is 11.1 Å². The smallest absolute Gasteiger partial charge is 0.273 e. The highest BCUT2D eigenvalue weighted by Crippen LogP contribution is 2.07. The number of amides is 1. The van der Waals surface area contributed by atoms with Gasteiger partial charge in [0.05, 0.1) is 5.69 Å². The number of aliphatic hydroxyl groups is 1. The van der Waals surface area contributed by atoms with Crippen molar-refractivity contribution < 1.29 is 9.90 Å². The first-order chi connectivity index (χ1) is 7.65. The average molecular weight is 226 g/mol. The summed E-state index contributed by atoms with van der Waals surface area (Å²) < 4.78 is 1.51. The second kappa shape index (κ2) is 6.12. The molecule has 0 aromatic carbocycles. The predicted molar refractivity (Wildman–Crippen MR) is 60.9 cm³/mol. The first-order valence-electron chi connectivity index (χ1n) is 5.33. The first kappa shape index (κ1) is 12.5. The number of anilines is 1. The Kier molecular flexibility index (Phi) is 4.78. The van der Waals surface area contributed by atoms with E-state index in [0.29, 0.717) is 12.2 Å². The van der Waals surface area contributed by atoms with Crippen LogP contribution in [0.5, 0.6) is 0 Å². The molecule has 0 aliphatic carbocycles. The van der Waals surface area contributed by atoms with Gasteiger partial charge < -0.3 is 16.2 Å². The van der Waals surface area contributed by atoms with E-state index in [2.05, 4.69) is 10.4 Å². The number of aryl methyl sites for hydroxylation is 1. The van der Waals surface area contributed by atoms with Crippen LogP contribution in [0.15, 0.2) is 6.20 Å². The Bertz CT molecular complexity index is 349. The Hall–Kier alpha value is -1.56. The summed E-state index contributed by atoms with van der Waals surface area (Å²) >= 11 is 0. The summed E-state index contributed by atoms with van der Waals surface area (Å²) in [6.45, 7) is 0.774. The third-order valence-electron chi connectivity index (χ3n) is 2.19. The summed E-state index contributed by atoms with van der Waals surface area (Å²) in [6, 6.07) is 0. The molecule has 6 nitrogen and oxygen atoms in total. The third-order valence-corrected chi connectivity index (χ3v) is 2.19. The van der Waals surface area contributed by atoms with Crippen molar-refractivity contribution in [2.75, 3.05) is 18.9 Å². The molecule has 0 atom stereocenters. The Balaban J connectivity index is 2.33. The van der Waals surface area contributed by atoms with Gasteiger partial charge in [-0.2, -0.15) is 5.10 Å². The van der Waals surface area contributed by atoms with E-state index in [0.717, 1.165) is 19.3 Å². The van der Waals surface area contributed by atoms with Gasteiger partial charge in [-0.05, 0) is 19.3 Å². The van der Waals surface area contributed by atoms with Crippen molar-refractivity contribution in [2.45, 2.75) is 19.3 Å². The average Bonchev–Trinajstić information content (AvgIpc) is 2.57. The number of aromatic nitrogens is 2. The minimum absolute atomic E-state index is 0.196. The molecule has 0 saturated carbocycles. The van der Waals surface area contributed by atoms with Gasteiger partial charge in [-0.15, -0.1) is 0 Å². The number of nitrogen functional groups attached to an aromatic ring is 1. The Labute approximate surface area is 94.4 Å². The first-order valence-corrected chi connectivity index (χ1v) is 5.33. The number of hydrogen-bond acceptors (Lipinski definition) is 4. The molecule has 0 aliphatic heterocycles. The van der Waals surface area contributed by atoms with Crippen molar-refractivity contribution in [3.63, 3.8) is 0 Å². The number of carbonyl (C=O) groups is 1. The molecule has 4 N–H and O–H groups in total. The summed E-state index contributed by atoms with van der Waals surface area (Å²) in [4.78, 5) is 11.6. The Morgan fingerprint density at radius 3 is 2.88 bits per heavy atom. The van der Waals surface area contributed by atoms with Gasteiger partial charge in [0.1, 0.15) is 0 Å². The highest BCUT2D eigenvalue weighted by atomic mass is 16.2. The van der Waals surface area contributed by atoms with Gasteiger partial charge in [-0.3, -0.25) is 9.48 Å². The van der Waals surface area contributed by atoms with E-state index < -0.39 is 0 Å². The van der Waals surface area contributed by atoms with Gasteiger partial charge in [0, 0.05) is 26.4 Å². The lowest BCUT2D eigenvalue weighted by atomic mass is 10.2. The molecule has 1 aromatic rings. The Morgan fingerprint density at radius 2 is 2.31 bits per heavy atom. The van der Waals surface area contributed by atoms with Crippen LogP contribution in [0.4, 0.5) is 5.69 Å². The molecule has 90 valence electrons. The molecule has 0 aliphatic rings. The molecule has 0 spiro atoms. The molecule has 1 rings (SSSR count). The molecule has 6 heteroatoms. The van der Waals surface area contributed by atoms with Gasteiger partial charge >= 0.3 is 0 Å². The normalized spacial score (nSPS) is 10.4. The summed E-state index contributed by atoms with van der Waals surface area (Å²) in [7, 11) is 1.72. The highest BCUT2D eigenvalue weighted by Gasteiger charge is 2.12. The van der Waals surface area contributed by atoms with Crippen LogP contribution in [0.2, 0.25) is 0 Å². The number of carbonyl (C=O) groups excluding carboxylic acids is 1. The maximum absolute atomic E-state index is 11.6. The number of nitrogens with zero attached hydrogens (tertiary/aromatic N) is 2. The fraction of sp³-hybridized carbons (Fsp3) is 0.600. The second-order valence-corrected chi connectivity index (χ2v) is 3.65. The van der Waals surface area contributed by atoms with Crippen molar-refractivity contribution in [3.05, 3.63) is 11.9 Å². The molecule has 0 unspecified atom stereocenters. The molecule has 1 amide bonds. The van der Waals surface area contributed by atoms with E-state index in [1.807, 2.05) is 0 Å². The van der Waals surface area contributed by atoms with Crippen LogP contribution in [0, 0.1) is 0 Å². The van der Waals surface area contributed by atoms with Crippen LogP contribution in [0.1, 0.15) is 29.8 Å². The quantitative estimate of drug-likeness (QED) is 0.590. The van der Waals surface area contributed by atoms with Crippen molar-refractivity contribution in [3.8, 4) is 0 Å². The Morgan fingerprint density at radius 1 is 1.56 bits per heavy atom. The largest absolute Gasteiger partial charge is 0.396 e. The van der Waals surface area contributed by atoms with Gasteiger partial charge in [0.25, 0.3) is 5.91 Å². The standard InChI is InChI=1S/C10H18N4O2/c1-14-7-8(11)9(13-14)10(16)12-5-3-2-4-6-15/h7,15H,2-6,11H2,1H3,(H,12,16). The van der Waals surface area contributed by atoms with E-state index >= 15 is 0 Å². The predicted octanol–water partition coefficient (Wildman–Crippen LogP) is -0.105. The van der Waals surface area contributed by atoms with E-state index in [1.54, 1.807) is 13.2 Å². The monoisotopic (exact) mass is 226 g/mol. The number of hydrogen-bond donors (Lipinski definition) is 3. The SMILES string of the molecule is Cn1cc(N)c(C(=O)NCCCCCO)n1. The topological polar surface area (TPSA) is 93.2 Å². The summed E-state index contributed by atoms with van der Waals surface area (Å²) in [6.07, 6.45) is 4.11. The zero-order chi connectivity index (χ0) is 12.0. The van der Waals surface area contributed by atoms with Gasteiger partial charge in [0.2, 0.25) is 0 Å². The molecular formula is C10H18N4O2. The minimum atomic E-state index is -0.248. The lowest BCUT2D eigenvalue weighted by Gasteiger charge is -2.02. The van der Waals surface area contributed by atoms with Gasteiger partial charge in [-0.25, -0.2) is 0 Å². The molecule has 0 fully saturated rings. The second-order valence-electron chi connectivity index (χ2n) is 3.65. The maximum Gasteiger partial charge on any atom is 0.273 e. The number of unbranched alkanes of at least 4 members (excludes halogenated alkanes) is 2. The van der Waals surface area contributed by atoms with E-state index in [9.17, 15) is 4.79 Å². The zero-order valence-electron chi connectivity index (χ0n) is 9.44. The highest BCUT2D eigenvalue weighted by molar-refractivity contribution is 5.96. The van der Waals surface area contributed by atoms with Crippen molar-refractivity contribution >= 4 is 11.6 Å². The number of nitrogens with two attached hydrogens (primary N) is 1. The molecule has 16 heavy (non-hydrogen) atoms. The lowest BCUT2D eigenvalue weighted by Crippen LogP contribution is -2.25. The van der Waals surface area contributed by atoms with Crippen LogP contribution in [-0.4, -0.2) is 33.9 Å². The molecule has 0 bridgehead atoms. The maximum atomic E-state index is 11.6. The van der Waals surface area contributed by atoms with Crippen molar-refractivity contribution in [2.24, 2.45) is 7.05 Å². The molecule has 0 radical (unpaired) electrons. The summed E-state index contributed by atoms with van der Waals surface area (Å²) in [5.74, 6) is -0.248. The van der Waals surface area contributed by atoms with Crippen LogP contribution in [0.3, 0.4) is 0 Å². The zero-order valence-corrected chi connectivity index (χ0v) is 9.44. The van der Waals surface area contributed by atoms with Gasteiger partial charge in [0.15, 0.2) is 5.69 Å². The van der Waals surface area contributed by atoms with E-state index in [-0.39, 0.29) is 18.2 Å². The summed E-state index contributed by atoms with van der Waals surface area (Å²) in [5.41, 5.74) is 6.27. The summed E-state index contributed by atoms with van der Waals surface area (Å²) in [5, 5.41) is 15.3. The van der Waals surface area contributed by atoms with E-state index in [4.69, 9.17) is 10.8 Å². The number of nitrogens with one attached hydrogen (secondary N) is 1. The lowest BCUT2D eigenvalue weighted by molar-refractivity contribution is 0.0948. The molecule has 1 aromatic heterocycles. The minimum Gasteiger partial charge on any atom is -0.396 e. The van der Waals surface area contributed by atoms with Crippen LogP contribution in [-0.2, 0) is 7.05 Å². The number of rotatable bonds is 6. The van der Waals surface area contributed by atoms with Crippen molar-refractivity contribution in [1.82, 2.24) is 15.1 Å². The number of aliphatic hydroxyl groups excluding tert-OH is 1. The van der Waals surface area contributed by atoms with Crippen LogP contribution >= 0.6 is 0 Å². The third kappa shape index (κ3) is 3.54. The fourth-order valence-electron chi connectivity index (χ4n) is 1.38.